The Hall–Kier alpha value is -1.71. The van der Waals surface area contributed by atoms with Gasteiger partial charge in [-0.1, -0.05) is 36.4 Å². The Morgan fingerprint density at radius 1 is 1.10 bits per heavy atom. The van der Waals surface area contributed by atoms with Gasteiger partial charge in [0.05, 0.1) is 0 Å². The number of nitrogens with zero attached hydrogens (tertiary/aromatic N) is 1. The quantitative estimate of drug-likeness (QED) is 0.928. The van der Waals surface area contributed by atoms with Crippen molar-refractivity contribution < 1.29 is 4.39 Å². The average Bonchev–Trinajstić information content (AvgIpc) is 2.49. The van der Waals surface area contributed by atoms with Crippen molar-refractivity contribution in [1.82, 2.24) is 10.2 Å². The molecule has 0 saturated heterocycles. The van der Waals surface area contributed by atoms with E-state index >= 15 is 0 Å². The molecule has 1 aliphatic heterocycles. The molecular weight excluding hydrogens is 263 g/mol. The smallest absolute Gasteiger partial charge is 0.127 e. The van der Waals surface area contributed by atoms with Crippen molar-refractivity contribution in [2.24, 2.45) is 0 Å². The summed E-state index contributed by atoms with van der Waals surface area (Å²) in [5, 5.41) is 3.41. The van der Waals surface area contributed by atoms with Gasteiger partial charge in [-0.15, -0.1) is 0 Å². The standard InChI is InChI=1S/C18H21FN2/c1-21(13-16-4-2-3-5-18(16)19)12-14-6-7-15-8-9-20-11-17(15)10-14/h2-7,10,20H,8-9,11-13H2,1H3. The zero-order valence-corrected chi connectivity index (χ0v) is 12.4. The lowest BCUT2D eigenvalue weighted by atomic mass is 9.98. The third kappa shape index (κ3) is 3.49. The molecule has 3 heteroatoms. The Morgan fingerprint density at radius 2 is 1.95 bits per heavy atom. The highest BCUT2D eigenvalue weighted by Gasteiger charge is 2.10. The Balaban J connectivity index is 1.67. The molecule has 0 amide bonds. The van der Waals surface area contributed by atoms with Gasteiger partial charge in [0.1, 0.15) is 5.82 Å². The minimum absolute atomic E-state index is 0.126. The van der Waals surface area contributed by atoms with Crippen LogP contribution in [0.3, 0.4) is 0 Å². The molecule has 0 aromatic heterocycles. The molecule has 0 radical (unpaired) electrons. The van der Waals surface area contributed by atoms with Crippen molar-refractivity contribution in [3.63, 3.8) is 0 Å². The number of halogens is 1. The van der Waals surface area contributed by atoms with E-state index in [4.69, 9.17) is 0 Å². The summed E-state index contributed by atoms with van der Waals surface area (Å²) in [6.45, 7) is 3.49. The lowest BCUT2D eigenvalue weighted by molar-refractivity contribution is 0.313. The zero-order valence-electron chi connectivity index (χ0n) is 12.4. The Bertz CT molecular complexity index is 624. The number of hydrogen-bond donors (Lipinski definition) is 1. The number of rotatable bonds is 4. The second-order valence-corrected chi connectivity index (χ2v) is 5.79. The van der Waals surface area contributed by atoms with Crippen LogP contribution in [0.1, 0.15) is 22.3 Å². The first-order valence-electron chi connectivity index (χ1n) is 7.46. The van der Waals surface area contributed by atoms with Gasteiger partial charge in [-0.05, 0) is 42.8 Å². The van der Waals surface area contributed by atoms with Crippen molar-refractivity contribution in [2.45, 2.75) is 26.1 Å². The first-order chi connectivity index (χ1) is 10.2. The van der Waals surface area contributed by atoms with Crippen molar-refractivity contribution >= 4 is 0 Å². The minimum Gasteiger partial charge on any atom is -0.312 e. The molecule has 0 aliphatic carbocycles. The van der Waals surface area contributed by atoms with Crippen LogP contribution in [-0.2, 0) is 26.1 Å². The highest BCUT2D eigenvalue weighted by atomic mass is 19.1. The van der Waals surface area contributed by atoms with Gasteiger partial charge in [0.25, 0.3) is 0 Å². The first kappa shape index (κ1) is 14.2. The number of fused-ring (bicyclic) bond motifs is 1. The fourth-order valence-electron chi connectivity index (χ4n) is 2.92. The van der Waals surface area contributed by atoms with Gasteiger partial charge in [-0.3, -0.25) is 4.90 Å². The molecule has 1 aliphatic rings. The van der Waals surface area contributed by atoms with Crippen LogP contribution in [0.5, 0.6) is 0 Å². The largest absolute Gasteiger partial charge is 0.312 e. The zero-order chi connectivity index (χ0) is 14.7. The molecule has 0 spiro atoms. The van der Waals surface area contributed by atoms with E-state index in [1.165, 1.54) is 22.8 Å². The molecule has 3 rings (SSSR count). The average molecular weight is 284 g/mol. The van der Waals surface area contributed by atoms with E-state index < -0.39 is 0 Å². The minimum atomic E-state index is -0.126. The maximum Gasteiger partial charge on any atom is 0.127 e. The van der Waals surface area contributed by atoms with Crippen molar-refractivity contribution in [3.8, 4) is 0 Å². The summed E-state index contributed by atoms with van der Waals surface area (Å²) in [4.78, 5) is 2.15. The lowest BCUT2D eigenvalue weighted by Gasteiger charge is -2.21. The molecule has 0 fully saturated rings. The number of hydrogen-bond acceptors (Lipinski definition) is 2. The van der Waals surface area contributed by atoms with Gasteiger partial charge in [0, 0.05) is 25.2 Å². The summed E-state index contributed by atoms with van der Waals surface area (Å²) in [6.07, 6.45) is 1.11. The lowest BCUT2D eigenvalue weighted by Crippen LogP contribution is -2.24. The number of nitrogens with one attached hydrogen (secondary N) is 1. The van der Waals surface area contributed by atoms with Crippen LogP contribution in [-0.4, -0.2) is 18.5 Å². The summed E-state index contributed by atoms with van der Waals surface area (Å²) >= 11 is 0. The molecule has 0 saturated carbocycles. The van der Waals surface area contributed by atoms with Gasteiger partial charge in [0.2, 0.25) is 0 Å². The molecule has 0 unspecified atom stereocenters. The van der Waals surface area contributed by atoms with Crippen molar-refractivity contribution in [1.29, 1.82) is 0 Å². The second kappa shape index (κ2) is 6.37. The van der Waals surface area contributed by atoms with Crippen LogP contribution >= 0.6 is 0 Å². The molecule has 2 aromatic carbocycles. The summed E-state index contributed by atoms with van der Waals surface area (Å²) in [5.74, 6) is -0.126. The van der Waals surface area contributed by atoms with E-state index in [2.05, 4.69) is 28.4 Å². The van der Waals surface area contributed by atoms with Gasteiger partial charge >= 0.3 is 0 Å². The van der Waals surface area contributed by atoms with Crippen molar-refractivity contribution in [3.05, 3.63) is 70.5 Å². The molecule has 0 bridgehead atoms. The maximum atomic E-state index is 13.7. The Kier molecular flexibility index (Phi) is 4.32. The normalized spacial score (nSPS) is 14.2. The van der Waals surface area contributed by atoms with E-state index in [9.17, 15) is 4.39 Å². The highest BCUT2D eigenvalue weighted by molar-refractivity contribution is 5.33. The van der Waals surface area contributed by atoms with Crippen LogP contribution in [0.4, 0.5) is 4.39 Å². The summed E-state index contributed by atoms with van der Waals surface area (Å²) in [7, 11) is 2.03. The van der Waals surface area contributed by atoms with E-state index in [-0.39, 0.29) is 5.82 Å². The molecule has 2 nitrogen and oxygen atoms in total. The van der Waals surface area contributed by atoms with Gasteiger partial charge in [-0.2, -0.15) is 0 Å². The fraction of sp³-hybridized carbons (Fsp3) is 0.333. The molecule has 21 heavy (non-hydrogen) atoms. The van der Waals surface area contributed by atoms with Crippen molar-refractivity contribution in [2.75, 3.05) is 13.6 Å². The van der Waals surface area contributed by atoms with E-state index in [1.807, 2.05) is 19.2 Å². The van der Waals surface area contributed by atoms with Gasteiger partial charge in [0.15, 0.2) is 0 Å². The molecule has 1 N–H and O–H groups in total. The third-order valence-electron chi connectivity index (χ3n) is 4.01. The predicted octanol–water partition coefficient (Wildman–Crippen LogP) is 3.10. The summed E-state index contributed by atoms with van der Waals surface area (Å²) < 4.78 is 13.7. The predicted molar refractivity (Wildman–Crippen MR) is 83.4 cm³/mol. The fourth-order valence-corrected chi connectivity index (χ4v) is 2.92. The number of benzene rings is 2. The second-order valence-electron chi connectivity index (χ2n) is 5.79. The van der Waals surface area contributed by atoms with E-state index in [0.29, 0.717) is 6.54 Å². The highest BCUT2D eigenvalue weighted by Crippen LogP contribution is 2.18. The van der Waals surface area contributed by atoms with Crippen LogP contribution in [0.15, 0.2) is 42.5 Å². The van der Waals surface area contributed by atoms with Crippen LogP contribution in [0.25, 0.3) is 0 Å². The van der Waals surface area contributed by atoms with E-state index in [0.717, 1.165) is 31.6 Å². The monoisotopic (exact) mass is 284 g/mol. The Morgan fingerprint density at radius 3 is 2.81 bits per heavy atom. The molecular formula is C18H21FN2. The summed E-state index contributed by atoms with van der Waals surface area (Å²) in [6, 6.07) is 13.7. The Labute approximate surface area is 125 Å². The SMILES string of the molecule is CN(Cc1ccc2c(c1)CNCC2)Cc1ccccc1F. The molecule has 0 atom stereocenters. The van der Waals surface area contributed by atoms with Crippen LogP contribution in [0, 0.1) is 5.82 Å². The van der Waals surface area contributed by atoms with Crippen LogP contribution in [0.2, 0.25) is 0 Å². The first-order valence-corrected chi connectivity index (χ1v) is 7.46. The van der Waals surface area contributed by atoms with Gasteiger partial charge < -0.3 is 5.32 Å². The topological polar surface area (TPSA) is 15.3 Å². The molecule has 2 aromatic rings. The van der Waals surface area contributed by atoms with Gasteiger partial charge in [-0.25, -0.2) is 4.39 Å². The molecule has 110 valence electrons. The maximum absolute atomic E-state index is 13.7. The third-order valence-corrected chi connectivity index (χ3v) is 4.01. The molecule has 1 heterocycles. The van der Waals surface area contributed by atoms with Crippen LogP contribution < -0.4 is 5.32 Å². The van der Waals surface area contributed by atoms with E-state index in [1.54, 1.807) is 6.07 Å². The summed E-state index contributed by atoms with van der Waals surface area (Å²) in [5.41, 5.74) is 4.89.